The fraction of sp³-hybridized carbons (Fsp3) is 0.364. The molecule has 3 heteroatoms. The normalized spacial score (nSPS) is 17.1. The van der Waals surface area contributed by atoms with Crippen molar-refractivity contribution in [2.75, 3.05) is 23.7 Å². The van der Waals surface area contributed by atoms with E-state index in [1.807, 2.05) is 18.2 Å². The van der Waals surface area contributed by atoms with Crippen LogP contribution in [0.5, 0.6) is 0 Å². The Bertz CT molecular complexity index is 336. The zero-order chi connectivity index (χ0) is 9.97. The fourth-order valence-electron chi connectivity index (χ4n) is 1.67. The Labute approximate surface area is 84.2 Å². The first kappa shape index (κ1) is 9.06. The summed E-state index contributed by atoms with van der Waals surface area (Å²) in [6.45, 7) is 6.01. The third-order valence-electron chi connectivity index (χ3n) is 2.55. The van der Waals surface area contributed by atoms with E-state index in [4.69, 9.17) is 5.73 Å². The van der Waals surface area contributed by atoms with Crippen LogP contribution in [0.3, 0.4) is 0 Å². The summed E-state index contributed by atoms with van der Waals surface area (Å²) in [5, 5.41) is 0. The number of hydrogen-bond donors (Lipinski definition) is 1. The van der Waals surface area contributed by atoms with Crippen LogP contribution in [0.25, 0.3) is 0 Å². The molecule has 0 unspecified atom stereocenters. The van der Waals surface area contributed by atoms with E-state index in [-0.39, 0.29) is 0 Å². The number of hydrogen-bond acceptors (Lipinski definition) is 3. The number of piperidine rings is 1. The van der Waals surface area contributed by atoms with Crippen molar-refractivity contribution in [3.63, 3.8) is 0 Å². The van der Waals surface area contributed by atoms with Gasteiger partial charge >= 0.3 is 0 Å². The summed E-state index contributed by atoms with van der Waals surface area (Å²) in [4.78, 5) is 6.55. The molecule has 0 bridgehead atoms. The minimum atomic E-state index is 0.590. The van der Waals surface area contributed by atoms with Crippen LogP contribution >= 0.6 is 0 Å². The first-order chi connectivity index (χ1) is 6.75. The molecule has 0 aromatic carbocycles. The number of aromatic nitrogens is 1. The fourth-order valence-corrected chi connectivity index (χ4v) is 1.67. The Morgan fingerprint density at radius 3 is 2.64 bits per heavy atom. The Kier molecular flexibility index (Phi) is 2.39. The van der Waals surface area contributed by atoms with E-state index < -0.39 is 0 Å². The minimum absolute atomic E-state index is 0.590. The van der Waals surface area contributed by atoms with Gasteiger partial charge in [0.1, 0.15) is 11.6 Å². The van der Waals surface area contributed by atoms with E-state index in [1.165, 1.54) is 5.57 Å². The molecule has 0 saturated carbocycles. The molecule has 3 nitrogen and oxygen atoms in total. The van der Waals surface area contributed by atoms with Crippen LogP contribution in [0.15, 0.2) is 30.4 Å². The molecule has 0 amide bonds. The molecular formula is C11H15N3. The van der Waals surface area contributed by atoms with Crippen molar-refractivity contribution in [2.45, 2.75) is 12.8 Å². The second kappa shape index (κ2) is 3.70. The third-order valence-corrected chi connectivity index (χ3v) is 2.55. The van der Waals surface area contributed by atoms with Crippen molar-refractivity contribution < 1.29 is 0 Å². The average molecular weight is 189 g/mol. The van der Waals surface area contributed by atoms with Gasteiger partial charge in [0, 0.05) is 13.1 Å². The molecule has 1 aliphatic rings. The Balaban J connectivity index is 2.12. The second-order valence-electron chi connectivity index (χ2n) is 3.66. The Morgan fingerprint density at radius 1 is 1.29 bits per heavy atom. The molecule has 74 valence electrons. The first-order valence-electron chi connectivity index (χ1n) is 4.90. The third kappa shape index (κ3) is 1.87. The molecule has 2 rings (SSSR count). The van der Waals surface area contributed by atoms with Crippen LogP contribution in [0.1, 0.15) is 12.8 Å². The average Bonchev–Trinajstić information content (AvgIpc) is 2.19. The van der Waals surface area contributed by atoms with Crippen LogP contribution < -0.4 is 10.6 Å². The van der Waals surface area contributed by atoms with Crippen molar-refractivity contribution in [1.29, 1.82) is 0 Å². The summed E-state index contributed by atoms with van der Waals surface area (Å²) in [6, 6.07) is 5.76. The minimum Gasteiger partial charge on any atom is -0.384 e. The molecule has 1 aromatic heterocycles. The van der Waals surface area contributed by atoms with Gasteiger partial charge in [-0.25, -0.2) is 4.98 Å². The number of nitrogens with two attached hydrogens (primary N) is 1. The Morgan fingerprint density at radius 2 is 2.00 bits per heavy atom. The van der Waals surface area contributed by atoms with E-state index in [1.54, 1.807) is 0 Å². The summed E-state index contributed by atoms with van der Waals surface area (Å²) >= 11 is 0. The highest BCUT2D eigenvalue weighted by atomic mass is 15.2. The van der Waals surface area contributed by atoms with E-state index in [0.29, 0.717) is 5.82 Å². The number of nitrogens with zero attached hydrogens (tertiary/aromatic N) is 2. The van der Waals surface area contributed by atoms with Gasteiger partial charge in [0.25, 0.3) is 0 Å². The van der Waals surface area contributed by atoms with Gasteiger partial charge in [-0.15, -0.1) is 0 Å². The quantitative estimate of drug-likeness (QED) is 0.685. The summed E-state index contributed by atoms with van der Waals surface area (Å²) in [5.74, 6) is 1.57. The molecule has 1 saturated heterocycles. The molecule has 1 aliphatic heterocycles. The Hall–Kier alpha value is -1.51. The molecule has 2 N–H and O–H groups in total. The van der Waals surface area contributed by atoms with Crippen LogP contribution in [0.2, 0.25) is 0 Å². The first-order valence-corrected chi connectivity index (χ1v) is 4.90. The van der Waals surface area contributed by atoms with Crippen LogP contribution in [-0.2, 0) is 0 Å². The molecule has 1 aromatic rings. The van der Waals surface area contributed by atoms with Gasteiger partial charge in [-0.05, 0) is 25.0 Å². The van der Waals surface area contributed by atoms with Gasteiger partial charge in [0.05, 0.1) is 0 Å². The molecular weight excluding hydrogens is 174 g/mol. The summed E-state index contributed by atoms with van der Waals surface area (Å²) in [5.41, 5.74) is 6.98. The van der Waals surface area contributed by atoms with Crippen LogP contribution in [0.4, 0.5) is 11.6 Å². The van der Waals surface area contributed by atoms with Gasteiger partial charge in [0.2, 0.25) is 0 Å². The topological polar surface area (TPSA) is 42.1 Å². The monoisotopic (exact) mass is 189 g/mol. The largest absolute Gasteiger partial charge is 0.384 e. The van der Waals surface area contributed by atoms with Gasteiger partial charge in [-0.3, -0.25) is 0 Å². The van der Waals surface area contributed by atoms with Crippen molar-refractivity contribution in [1.82, 2.24) is 4.98 Å². The van der Waals surface area contributed by atoms with Gasteiger partial charge in [-0.1, -0.05) is 18.2 Å². The molecule has 2 heterocycles. The predicted octanol–water partition coefficient (Wildman–Crippen LogP) is 1.82. The van der Waals surface area contributed by atoms with Crippen molar-refractivity contribution >= 4 is 11.6 Å². The maximum Gasteiger partial charge on any atom is 0.130 e. The summed E-state index contributed by atoms with van der Waals surface area (Å²) < 4.78 is 0. The van der Waals surface area contributed by atoms with E-state index in [0.717, 1.165) is 31.7 Å². The number of nitrogen functional groups attached to an aromatic ring is 1. The molecule has 0 spiro atoms. The van der Waals surface area contributed by atoms with Crippen molar-refractivity contribution in [3.05, 3.63) is 30.4 Å². The lowest BCUT2D eigenvalue weighted by atomic mass is 10.1. The highest BCUT2D eigenvalue weighted by Gasteiger charge is 2.13. The zero-order valence-corrected chi connectivity index (χ0v) is 8.24. The van der Waals surface area contributed by atoms with E-state index in [9.17, 15) is 0 Å². The van der Waals surface area contributed by atoms with Gasteiger partial charge < -0.3 is 10.6 Å². The predicted molar refractivity (Wildman–Crippen MR) is 59.2 cm³/mol. The molecule has 0 atom stereocenters. The highest BCUT2D eigenvalue weighted by molar-refractivity contribution is 5.45. The molecule has 1 fully saturated rings. The summed E-state index contributed by atoms with van der Waals surface area (Å²) in [6.07, 6.45) is 2.13. The highest BCUT2D eigenvalue weighted by Crippen LogP contribution is 2.20. The molecule has 0 aliphatic carbocycles. The van der Waals surface area contributed by atoms with Gasteiger partial charge in [-0.2, -0.15) is 0 Å². The van der Waals surface area contributed by atoms with Crippen molar-refractivity contribution in [2.24, 2.45) is 0 Å². The maximum absolute atomic E-state index is 5.64. The molecule has 0 radical (unpaired) electrons. The lowest BCUT2D eigenvalue weighted by molar-refractivity contribution is 0.680. The number of pyridine rings is 1. The van der Waals surface area contributed by atoms with Crippen LogP contribution in [-0.4, -0.2) is 18.1 Å². The van der Waals surface area contributed by atoms with Gasteiger partial charge in [0.15, 0.2) is 0 Å². The SMILES string of the molecule is C=C1CCN(c2cccc(N)n2)CC1. The lowest BCUT2D eigenvalue weighted by Gasteiger charge is -2.28. The number of rotatable bonds is 1. The van der Waals surface area contributed by atoms with E-state index in [2.05, 4.69) is 16.5 Å². The van der Waals surface area contributed by atoms with Crippen LogP contribution in [0, 0.1) is 0 Å². The standard InChI is InChI=1S/C11H15N3/c1-9-5-7-14(8-6-9)11-4-2-3-10(12)13-11/h2-4H,1,5-8H2,(H2,12,13). The van der Waals surface area contributed by atoms with E-state index >= 15 is 0 Å². The lowest BCUT2D eigenvalue weighted by Crippen LogP contribution is -2.31. The second-order valence-corrected chi connectivity index (χ2v) is 3.66. The maximum atomic E-state index is 5.64. The zero-order valence-electron chi connectivity index (χ0n) is 8.24. The number of anilines is 2. The summed E-state index contributed by atoms with van der Waals surface area (Å²) in [7, 11) is 0. The molecule has 14 heavy (non-hydrogen) atoms. The smallest absolute Gasteiger partial charge is 0.130 e. The van der Waals surface area contributed by atoms with Crippen molar-refractivity contribution in [3.8, 4) is 0 Å².